The molecule has 6 heteroatoms. The first-order valence-corrected chi connectivity index (χ1v) is 7.01. The highest BCUT2D eigenvalue weighted by Gasteiger charge is 2.15. The normalized spacial score (nSPS) is 11.9. The van der Waals surface area contributed by atoms with Crippen LogP contribution < -0.4 is 14.8 Å². The molecule has 1 amide bonds. The van der Waals surface area contributed by atoms with Crippen LogP contribution in [-0.4, -0.2) is 32.0 Å². The number of halogens is 1. The van der Waals surface area contributed by atoms with Crippen LogP contribution in [0.2, 0.25) is 5.02 Å². The number of amides is 1. The molecule has 1 rings (SSSR count). The number of methoxy groups -OCH3 is 1. The molecule has 1 N–H and O–H groups in total. The van der Waals surface area contributed by atoms with Crippen LogP contribution in [0.4, 0.5) is 0 Å². The largest absolute Gasteiger partial charge is 0.493 e. The number of hydrogen-bond donors (Lipinski definition) is 1. The minimum Gasteiger partial charge on any atom is -0.493 e. The summed E-state index contributed by atoms with van der Waals surface area (Å²) in [5.74, 6) is 0.652. The predicted molar refractivity (Wildman–Crippen MR) is 81.3 cm³/mol. The van der Waals surface area contributed by atoms with Crippen LogP contribution in [0.3, 0.4) is 0 Å². The van der Waals surface area contributed by atoms with Gasteiger partial charge in [-0.3, -0.25) is 9.59 Å². The molecule has 1 atom stereocenters. The summed E-state index contributed by atoms with van der Waals surface area (Å²) < 4.78 is 10.5. The van der Waals surface area contributed by atoms with Crippen molar-refractivity contribution in [3.8, 4) is 11.5 Å². The maximum atomic E-state index is 11.8. The van der Waals surface area contributed by atoms with Crippen LogP contribution in [0.15, 0.2) is 12.1 Å². The molecule has 0 radical (unpaired) electrons. The van der Waals surface area contributed by atoms with E-state index in [1.807, 2.05) is 20.8 Å². The van der Waals surface area contributed by atoms with Crippen LogP contribution in [0, 0.1) is 5.92 Å². The van der Waals surface area contributed by atoms with Crippen molar-refractivity contribution < 1.29 is 19.1 Å². The molecule has 0 saturated carbocycles. The lowest BCUT2D eigenvalue weighted by Crippen LogP contribution is -2.39. The minimum absolute atomic E-state index is 0.0518. The van der Waals surface area contributed by atoms with Gasteiger partial charge < -0.3 is 14.8 Å². The zero-order valence-corrected chi connectivity index (χ0v) is 13.4. The number of ether oxygens (including phenoxy) is 2. The van der Waals surface area contributed by atoms with Gasteiger partial charge in [0.2, 0.25) is 0 Å². The molecule has 0 aliphatic rings. The zero-order chi connectivity index (χ0) is 16.0. The maximum Gasteiger partial charge on any atom is 0.258 e. The Labute approximate surface area is 129 Å². The Morgan fingerprint density at radius 3 is 2.57 bits per heavy atom. The van der Waals surface area contributed by atoms with E-state index in [2.05, 4.69) is 5.32 Å². The summed E-state index contributed by atoms with van der Waals surface area (Å²) in [5, 5.41) is 3.05. The Kier molecular flexibility index (Phi) is 6.49. The molecular weight excluding hydrogens is 294 g/mol. The molecule has 1 unspecified atom stereocenters. The summed E-state index contributed by atoms with van der Waals surface area (Å²) in [4.78, 5) is 22.6. The number of carbonyl (C=O) groups excluding carboxylic acids is 2. The van der Waals surface area contributed by atoms with Gasteiger partial charge >= 0.3 is 0 Å². The fourth-order valence-corrected chi connectivity index (χ4v) is 1.82. The van der Waals surface area contributed by atoms with Crippen molar-refractivity contribution in [2.24, 2.45) is 5.92 Å². The molecule has 1 aromatic rings. The first-order valence-electron chi connectivity index (χ1n) is 6.63. The fraction of sp³-hybridized carbons (Fsp3) is 0.467. The van der Waals surface area contributed by atoms with E-state index in [-0.39, 0.29) is 29.3 Å². The molecule has 5 nitrogen and oxygen atoms in total. The molecular formula is C15H20ClNO4. The number of hydrogen-bond acceptors (Lipinski definition) is 4. The standard InChI is InChI=1S/C15H20ClNO4/c1-9(2)10(3)17-14(19)8-21-15-12(16)5-11(7-18)6-13(15)20-4/h5-7,9-10H,8H2,1-4H3,(H,17,19). The van der Waals surface area contributed by atoms with Crippen molar-refractivity contribution in [3.05, 3.63) is 22.7 Å². The zero-order valence-electron chi connectivity index (χ0n) is 12.6. The number of benzene rings is 1. The van der Waals surface area contributed by atoms with Crippen LogP contribution in [0.25, 0.3) is 0 Å². The van der Waals surface area contributed by atoms with Gasteiger partial charge in [0.25, 0.3) is 5.91 Å². The van der Waals surface area contributed by atoms with E-state index in [1.54, 1.807) is 0 Å². The van der Waals surface area contributed by atoms with E-state index < -0.39 is 0 Å². The number of carbonyl (C=O) groups is 2. The summed E-state index contributed by atoms with van der Waals surface area (Å²) in [5.41, 5.74) is 0.377. The number of rotatable bonds is 7. The van der Waals surface area contributed by atoms with Crippen molar-refractivity contribution >= 4 is 23.8 Å². The molecule has 0 aliphatic heterocycles. The maximum absolute atomic E-state index is 11.8. The summed E-state index contributed by atoms with van der Waals surface area (Å²) in [6.45, 7) is 5.79. The third kappa shape index (κ3) is 4.93. The Balaban J connectivity index is 2.75. The van der Waals surface area contributed by atoms with Crippen molar-refractivity contribution in [1.29, 1.82) is 0 Å². The Morgan fingerprint density at radius 2 is 2.05 bits per heavy atom. The predicted octanol–water partition coefficient (Wildman–Crippen LogP) is 2.70. The number of aldehydes is 1. The Morgan fingerprint density at radius 1 is 1.38 bits per heavy atom. The van der Waals surface area contributed by atoms with E-state index >= 15 is 0 Å². The lowest BCUT2D eigenvalue weighted by molar-refractivity contribution is -0.124. The van der Waals surface area contributed by atoms with E-state index in [1.165, 1.54) is 19.2 Å². The van der Waals surface area contributed by atoms with Crippen molar-refractivity contribution in [2.45, 2.75) is 26.8 Å². The summed E-state index contributed by atoms with van der Waals surface area (Å²) in [7, 11) is 1.44. The lowest BCUT2D eigenvalue weighted by atomic mass is 10.1. The summed E-state index contributed by atoms with van der Waals surface area (Å²) in [6, 6.07) is 3.01. The average Bonchev–Trinajstić information content (AvgIpc) is 2.44. The Bertz CT molecular complexity index is 517. The van der Waals surface area contributed by atoms with Crippen LogP contribution in [-0.2, 0) is 4.79 Å². The van der Waals surface area contributed by atoms with Gasteiger partial charge in [-0.2, -0.15) is 0 Å². The molecule has 0 aliphatic carbocycles. The van der Waals surface area contributed by atoms with Gasteiger partial charge in [0.05, 0.1) is 12.1 Å². The van der Waals surface area contributed by atoms with Gasteiger partial charge in [0.15, 0.2) is 18.1 Å². The minimum atomic E-state index is -0.242. The van der Waals surface area contributed by atoms with Crippen LogP contribution in [0.1, 0.15) is 31.1 Å². The average molecular weight is 314 g/mol. The molecule has 21 heavy (non-hydrogen) atoms. The second kappa shape index (κ2) is 7.88. The van der Waals surface area contributed by atoms with Gasteiger partial charge in [-0.1, -0.05) is 25.4 Å². The van der Waals surface area contributed by atoms with E-state index in [0.717, 1.165) is 0 Å². The van der Waals surface area contributed by atoms with Gasteiger partial charge in [0, 0.05) is 11.6 Å². The van der Waals surface area contributed by atoms with Gasteiger partial charge in [-0.25, -0.2) is 0 Å². The quantitative estimate of drug-likeness (QED) is 0.786. The highest BCUT2D eigenvalue weighted by atomic mass is 35.5. The fourth-order valence-electron chi connectivity index (χ4n) is 1.55. The summed E-state index contributed by atoms with van der Waals surface area (Å²) >= 11 is 6.04. The molecule has 0 saturated heterocycles. The molecule has 116 valence electrons. The molecule has 0 fully saturated rings. The molecule has 0 spiro atoms. The topological polar surface area (TPSA) is 64.6 Å². The summed E-state index contributed by atoms with van der Waals surface area (Å²) in [6.07, 6.45) is 0.662. The second-order valence-electron chi connectivity index (χ2n) is 5.04. The molecule has 0 bridgehead atoms. The van der Waals surface area contributed by atoms with E-state index in [0.29, 0.717) is 23.5 Å². The van der Waals surface area contributed by atoms with Gasteiger partial charge in [-0.05, 0) is 25.0 Å². The van der Waals surface area contributed by atoms with Gasteiger partial charge in [0.1, 0.15) is 6.29 Å². The first kappa shape index (κ1) is 17.3. The SMILES string of the molecule is COc1cc(C=O)cc(Cl)c1OCC(=O)NC(C)C(C)C. The van der Waals surface area contributed by atoms with Crippen LogP contribution in [0.5, 0.6) is 11.5 Å². The van der Waals surface area contributed by atoms with E-state index in [4.69, 9.17) is 21.1 Å². The smallest absolute Gasteiger partial charge is 0.258 e. The third-order valence-corrected chi connectivity index (χ3v) is 3.40. The third-order valence-electron chi connectivity index (χ3n) is 3.12. The van der Waals surface area contributed by atoms with Crippen molar-refractivity contribution in [2.75, 3.05) is 13.7 Å². The second-order valence-corrected chi connectivity index (χ2v) is 5.45. The van der Waals surface area contributed by atoms with Crippen molar-refractivity contribution in [1.82, 2.24) is 5.32 Å². The molecule has 0 aromatic heterocycles. The van der Waals surface area contributed by atoms with Crippen molar-refractivity contribution in [3.63, 3.8) is 0 Å². The van der Waals surface area contributed by atoms with Crippen LogP contribution >= 0.6 is 11.6 Å². The lowest BCUT2D eigenvalue weighted by Gasteiger charge is -2.18. The highest BCUT2D eigenvalue weighted by Crippen LogP contribution is 2.35. The number of nitrogens with one attached hydrogen (secondary N) is 1. The molecule has 1 aromatic carbocycles. The monoisotopic (exact) mass is 313 g/mol. The Hall–Kier alpha value is -1.75. The highest BCUT2D eigenvalue weighted by molar-refractivity contribution is 6.32. The van der Waals surface area contributed by atoms with E-state index in [9.17, 15) is 9.59 Å². The first-order chi connectivity index (χ1) is 9.88. The van der Waals surface area contributed by atoms with Gasteiger partial charge in [-0.15, -0.1) is 0 Å². The molecule has 0 heterocycles.